The Hall–Kier alpha value is -1.12. The largest absolute Gasteiger partial charge is 0.378 e. The smallest absolute Gasteiger partial charge is 0.0575 e. The standard InChI is InChI=1S/C42H79NO/c1-5-7-9-11-13-15-17-19-21-23-25-27-29-31-33-35-38-42(44-41-37-40-43(3)4)39-36-34-32-30-28-26-24-22-20-18-16-14-12-10-8-6-2/h15-22,42H,5-14,23-41H2,1-4H3/b17-15+,18-16+,21-19-,22-20-. The van der Waals surface area contributed by atoms with E-state index in [1.165, 1.54) is 167 Å². The first-order valence-corrected chi connectivity index (χ1v) is 19.6. The van der Waals surface area contributed by atoms with Crippen LogP contribution in [0, 0.1) is 0 Å². The third-order valence-corrected chi connectivity index (χ3v) is 8.61. The topological polar surface area (TPSA) is 12.5 Å². The number of unbranched alkanes of at least 4 members (excludes halogenated alkanes) is 20. The van der Waals surface area contributed by atoms with E-state index >= 15 is 0 Å². The lowest BCUT2D eigenvalue weighted by atomic mass is 10.0. The molecule has 258 valence electrons. The Labute approximate surface area is 278 Å². The third-order valence-electron chi connectivity index (χ3n) is 8.61. The molecule has 2 nitrogen and oxygen atoms in total. The second kappa shape index (κ2) is 38.1. The fourth-order valence-electron chi connectivity index (χ4n) is 5.70. The lowest BCUT2D eigenvalue weighted by Gasteiger charge is -2.19. The van der Waals surface area contributed by atoms with Crippen LogP contribution in [0.1, 0.15) is 187 Å². The maximum atomic E-state index is 6.39. The molecule has 0 radical (unpaired) electrons. The summed E-state index contributed by atoms with van der Waals surface area (Å²) in [6.07, 6.45) is 54.8. The highest BCUT2D eigenvalue weighted by Gasteiger charge is 2.09. The van der Waals surface area contributed by atoms with E-state index in [0.717, 1.165) is 19.6 Å². The van der Waals surface area contributed by atoms with Gasteiger partial charge in [0.15, 0.2) is 0 Å². The summed E-state index contributed by atoms with van der Waals surface area (Å²) in [4.78, 5) is 2.27. The Kier molecular flexibility index (Phi) is 37.1. The van der Waals surface area contributed by atoms with Gasteiger partial charge in [-0.1, -0.05) is 165 Å². The highest BCUT2D eigenvalue weighted by Crippen LogP contribution is 2.18. The summed E-state index contributed by atoms with van der Waals surface area (Å²) >= 11 is 0. The van der Waals surface area contributed by atoms with Crippen LogP contribution in [0.25, 0.3) is 0 Å². The molecule has 0 aliphatic rings. The van der Waals surface area contributed by atoms with Crippen LogP contribution in [0.4, 0.5) is 0 Å². The predicted molar refractivity (Wildman–Crippen MR) is 201 cm³/mol. The molecule has 0 saturated carbocycles. The minimum absolute atomic E-state index is 0.479. The van der Waals surface area contributed by atoms with E-state index in [1.807, 2.05) is 0 Å². The summed E-state index contributed by atoms with van der Waals surface area (Å²) in [5, 5.41) is 0. The summed E-state index contributed by atoms with van der Waals surface area (Å²) < 4.78 is 6.39. The highest BCUT2D eigenvalue weighted by atomic mass is 16.5. The number of hydrogen-bond acceptors (Lipinski definition) is 2. The molecule has 0 aliphatic carbocycles. The zero-order valence-corrected chi connectivity index (χ0v) is 30.6. The fourth-order valence-corrected chi connectivity index (χ4v) is 5.70. The Balaban J connectivity index is 3.84. The first-order valence-electron chi connectivity index (χ1n) is 19.6. The SMILES string of the molecule is CCCCCC/C=C/C=C\CCCCCCCCC(CCCCCCCC/C=C\C=C\CCCCCC)OCCCN(C)C. The van der Waals surface area contributed by atoms with Crippen LogP contribution in [0.15, 0.2) is 48.6 Å². The molecule has 0 rings (SSSR count). The van der Waals surface area contributed by atoms with Crippen molar-refractivity contribution in [3.8, 4) is 0 Å². The third kappa shape index (κ3) is 37.1. The van der Waals surface area contributed by atoms with E-state index in [2.05, 4.69) is 81.5 Å². The summed E-state index contributed by atoms with van der Waals surface area (Å²) in [5.41, 5.74) is 0. The molecule has 0 spiro atoms. The molecular formula is C42H79NO. The van der Waals surface area contributed by atoms with E-state index < -0.39 is 0 Å². The second-order valence-electron chi connectivity index (χ2n) is 13.5. The number of nitrogens with zero attached hydrogens (tertiary/aromatic N) is 1. The quantitative estimate of drug-likeness (QED) is 0.0521. The number of rotatable bonds is 35. The van der Waals surface area contributed by atoms with Gasteiger partial charge < -0.3 is 9.64 Å². The van der Waals surface area contributed by atoms with Crippen molar-refractivity contribution in [2.75, 3.05) is 27.2 Å². The maximum absolute atomic E-state index is 6.39. The zero-order chi connectivity index (χ0) is 32.0. The van der Waals surface area contributed by atoms with E-state index in [9.17, 15) is 0 Å². The molecule has 0 aromatic rings. The lowest BCUT2D eigenvalue weighted by Crippen LogP contribution is -2.18. The van der Waals surface area contributed by atoms with Gasteiger partial charge in [0.05, 0.1) is 6.10 Å². The molecule has 0 heterocycles. The highest BCUT2D eigenvalue weighted by molar-refractivity contribution is 5.02. The summed E-state index contributed by atoms with van der Waals surface area (Å²) in [6.45, 7) is 6.60. The Bertz CT molecular complexity index is 598. The van der Waals surface area contributed by atoms with Crippen molar-refractivity contribution < 1.29 is 4.74 Å². The first kappa shape index (κ1) is 42.9. The van der Waals surface area contributed by atoms with Crippen molar-refractivity contribution in [1.29, 1.82) is 0 Å². The molecule has 0 aromatic heterocycles. The van der Waals surface area contributed by atoms with E-state index in [0.29, 0.717) is 6.10 Å². The number of allylic oxidation sites excluding steroid dienone is 8. The van der Waals surface area contributed by atoms with Crippen molar-refractivity contribution in [1.82, 2.24) is 4.90 Å². The van der Waals surface area contributed by atoms with Crippen LogP contribution in [0.3, 0.4) is 0 Å². The van der Waals surface area contributed by atoms with E-state index in [-0.39, 0.29) is 0 Å². The summed E-state index contributed by atoms with van der Waals surface area (Å²) in [7, 11) is 4.32. The van der Waals surface area contributed by atoms with E-state index in [1.54, 1.807) is 0 Å². The molecule has 0 saturated heterocycles. The number of ether oxygens (including phenoxy) is 1. The van der Waals surface area contributed by atoms with E-state index in [4.69, 9.17) is 4.74 Å². The van der Waals surface area contributed by atoms with Crippen LogP contribution in [-0.2, 0) is 4.74 Å². The van der Waals surface area contributed by atoms with Gasteiger partial charge in [-0.2, -0.15) is 0 Å². The lowest BCUT2D eigenvalue weighted by molar-refractivity contribution is 0.0342. The van der Waals surface area contributed by atoms with Crippen molar-refractivity contribution in [3.05, 3.63) is 48.6 Å². The summed E-state index contributed by atoms with van der Waals surface area (Å²) in [6, 6.07) is 0. The predicted octanol–water partition coefficient (Wildman–Crippen LogP) is 13.7. The Morgan fingerprint density at radius 1 is 0.432 bits per heavy atom. The van der Waals surface area contributed by atoms with Gasteiger partial charge in [0.2, 0.25) is 0 Å². The van der Waals surface area contributed by atoms with Gasteiger partial charge in [0, 0.05) is 6.61 Å². The van der Waals surface area contributed by atoms with Gasteiger partial charge in [-0.15, -0.1) is 0 Å². The summed E-state index contributed by atoms with van der Waals surface area (Å²) in [5.74, 6) is 0. The van der Waals surface area contributed by atoms with Gasteiger partial charge >= 0.3 is 0 Å². The van der Waals surface area contributed by atoms with Gasteiger partial charge in [-0.25, -0.2) is 0 Å². The van der Waals surface area contributed by atoms with Crippen LogP contribution < -0.4 is 0 Å². The Morgan fingerprint density at radius 2 is 0.773 bits per heavy atom. The Morgan fingerprint density at radius 3 is 1.14 bits per heavy atom. The molecule has 44 heavy (non-hydrogen) atoms. The van der Waals surface area contributed by atoms with Crippen LogP contribution in [0.5, 0.6) is 0 Å². The van der Waals surface area contributed by atoms with Gasteiger partial charge in [0.25, 0.3) is 0 Å². The normalized spacial score (nSPS) is 12.6. The van der Waals surface area contributed by atoms with Crippen molar-refractivity contribution in [2.45, 2.75) is 193 Å². The molecule has 0 fully saturated rings. The fraction of sp³-hybridized carbons (Fsp3) is 0.810. The molecule has 0 N–H and O–H groups in total. The van der Waals surface area contributed by atoms with Crippen LogP contribution in [-0.4, -0.2) is 38.3 Å². The molecule has 0 unspecified atom stereocenters. The average Bonchev–Trinajstić information content (AvgIpc) is 3.02. The van der Waals surface area contributed by atoms with Crippen molar-refractivity contribution in [3.63, 3.8) is 0 Å². The van der Waals surface area contributed by atoms with Crippen molar-refractivity contribution >= 4 is 0 Å². The average molecular weight is 614 g/mol. The van der Waals surface area contributed by atoms with Gasteiger partial charge in [-0.05, 0) is 91.3 Å². The molecule has 0 atom stereocenters. The molecule has 2 heteroatoms. The maximum Gasteiger partial charge on any atom is 0.0575 e. The molecule has 0 bridgehead atoms. The van der Waals surface area contributed by atoms with Crippen molar-refractivity contribution in [2.24, 2.45) is 0 Å². The monoisotopic (exact) mass is 614 g/mol. The number of hydrogen-bond donors (Lipinski definition) is 0. The molecular weight excluding hydrogens is 534 g/mol. The van der Waals surface area contributed by atoms with Crippen LogP contribution >= 0.6 is 0 Å². The minimum Gasteiger partial charge on any atom is -0.378 e. The molecule has 0 amide bonds. The zero-order valence-electron chi connectivity index (χ0n) is 30.6. The first-order chi connectivity index (χ1) is 21.7. The van der Waals surface area contributed by atoms with Gasteiger partial charge in [0.1, 0.15) is 0 Å². The van der Waals surface area contributed by atoms with Crippen LogP contribution in [0.2, 0.25) is 0 Å². The second-order valence-corrected chi connectivity index (χ2v) is 13.5. The molecule has 0 aliphatic heterocycles. The molecule has 0 aromatic carbocycles. The van der Waals surface area contributed by atoms with Gasteiger partial charge in [-0.3, -0.25) is 0 Å². The minimum atomic E-state index is 0.479.